The van der Waals surface area contributed by atoms with Gasteiger partial charge < -0.3 is 36.0 Å². The van der Waals surface area contributed by atoms with E-state index in [2.05, 4.69) is 48.5 Å². The fraction of sp³-hybridized carbons (Fsp3) is 0.368. The van der Waals surface area contributed by atoms with E-state index in [9.17, 15) is 19.2 Å². The van der Waals surface area contributed by atoms with Crippen LogP contribution in [0.3, 0.4) is 0 Å². The number of anilines is 1. The molecule has 0 spiro atoms. The topological polar surface area (TPSA) is 223 Å². The number of aromatic amines is 1. The fourth-order valence-electron chi connectivity index (χ4n) is 6.67. The third-order valence-electron chi connectivity index (χ3n) is 9.79. The summed E-state index contributed by atoms with van der Waals surface area (Å²) in [6.07, 6.45) is 1.91. The maximum absolute atomic E-state index is 13.7. The van der Waals surface area contributed by atoms with E-state index < -0.39 is 12.1 Å². The second kappa shape index (κ2) is 19.1. The zero-order valence-electron chi connectivity index (χ0n) is 30.0. The lowest BCUT2D eigenvalue weighted by atomic mass is 9.81. The molecule has 0 unspecified atom stereocenters. The maximum atomic E-state index is 13.7. The lowest BCUT2D eigenvalue weighted by Crippen LogP contribution is -2.48. The SMILES string of the molecule is CN1CCN(C(=O)c2cccc(-c3ccc(C[C@H](NC(=O)[C@H]4CC[C@H](CNC(=O)O)CC4)C(=O)Nc4ccc(-c5nnn[nH]5)cc4)cc3)c2)CC1.O=CO. The van der Waals surface area contributed by atoms with Crippen molar-refractivity contribution in [3.63, 3.8) is 0 Å². The van der Waals surface area contributed by atoms with Crippen LogP contribution in [-0.4, -0.2) is 117 Å². The first-order chi connectivity index (χ1) is 26.1. The Morgan fingerprint density at radius 2 is 1.57 bits per heavy atom. The zero-order valence-corrected chi connectivity index (χ0v) is 30.0. The molecule has 1 aromatic heterocycles. The van der Waals surface area contributed by atoms with E-state index >= 15 is 0 Å². The number of rotatable bonds is 11. The summed E-state index contributed by atoms with van der Waals surface area (Å²) in [4.78, 5) is 63.8. The van der Waals surface area contributed by atoms with Crippen LogP contribution in [0, 0.1) is 11.8 Å². The monoisotopic (exact) mass is 739 g/mol. The van der Waals surface area contributed by atoms with Crippen molar-refractivity contribution >= 4 is 36.0 Å². The molecular formula is C38H45N9O7. The van der Waals surface area contributed by atoms with Crippen molar-refractivity contribution in [3.05, 3.63) is 83.9 Å². The number of nitrogens with one attached hydrogen (secondary N) is 4. The standard InChI is InChI=1S/C37H43N9O5.CH2O2/c1-45-17-19-46(20-18-45)36(49)30-4-2-3-29(22-30)26-9-5-24(6-10-26)21-32(40-34(47)28-11-7-25(8-12-28)23-38-37(50)51)35(48)39-31-15-13-27(14-16-31)33-41-43-44-42-33;2-1-3/h2-6,9-10,13-16,22,25,28,32,38H,7-8,11-12,17-21,23H2,1H3,(H,39,48)(H,40,47)(H,50,51)(H,41,42,43,44);1H,(H,2,3)/t25-,28-,32-;/m0./s1. The van der Waals surface area contributed by atoms with Gasteiger partial charge in [0.05, 0.1) is 0 Å². The van der Waals surface area contributed by atoms with Gasteiger partial charge in [-0.3, -0.25) is 19.2 Å². The molecule has 2 heterocycles. The summed E-state index contributed by atoms with van der Waals surface area (Å²) in [5.41, 5.74) is 4.68. The highest BCUT2D eigenvalue weighted by Crippen LogP contribution is 2.29. The van der Waals surface area contributed by atoms with E-state index in [0.717, 1.165) is 48.2 Å². The molecule has 3 aromatic carbocycles. The highest BCUT2D eigenvalue weighted by Gasteiger charge is 2.30. The van der Waals surface area contributed by atoms with E-state index in [4.69, 9.17) is 15.0 Å². The number of carbonyl (C=O) groups excluding carboxylic acids is 3. The maximum Gasteiger partial charge on any atom is 0.404 e. The first-order valence-corrected chi connectivity index (χ1v) is 17.8. The summed E-state index contributed by atoms with van der Waals surface area (Å²) >= 11 is 0. The lowest BCUT2D eigenvalue weighted by Gasteiger charge is -2.32. The Bertz CT molecular complexity index is 1850. The van der Waals surface area contributed by atoms with Gasteiger partial charge in [0.1, 0.15) is 6.04 Å². The third kappa shape index (κ3) is 10.9. The van der Waals surface area contributed by atoms with Gasteiger partial charge in [0, 0.05) is 61.9 Å². The number of tetrazole rings is 1. The predicted octanol–water partition coefficient (Wildman–Crippen LogP) is 3.36. The summed E-state index contributed by atoms with van der Waals surface area (Å²) in [6.45, 7) is 3.24. The van der Waals surface area contributed by atoms with E-state index in [0.29, 0.717) is 49.6 Å². The van der Waals surface area contributed by atoms with Crippen LogP contribution in [0.1, 0.15) is 41.6 Å². The van der Waals surface area contributed by atoms with Crippen molar-refractivity contribution in [3.8, 4) is 22.5 Å². The Hall–Kier alpha value is -6.16. The number of H-pyrrole nitrogens is 1. The number of aromatic nitrogens is 4. The Balaban J connectivity index is 0.00000181. The van der Waals surface area contributed by atoms with Gasteiger partial charge >= 0.3 is 6.09 Å². The van der Waals surface area contributed by atoms with Crippen molar-refractivity contribution in [2.75, 3.05) is 45.1 Å². The number of hydrogen-bond acceptors (Lipinski definition) is 9. The molecule has 16 heteroatoms. The number of benzene rings is 3. The number of carbonyl (C=O) groups is 5. The van der Waals surface area contributed by atoms with E-state index in [1.54, 1.807) is 24.3 Å². The second-order valence-electron chi connectivity index (χ2n) is 13.5. The molecule has 1 atom stereocenters. The Labute approximate surface area is 312 Å². The molecule has 4 aromatic rings. The molecule has 4 amide bonds. The minimum Gasteiger partial charge on any atom is -0.483 e. The van der Waals surface area contributed by atoms with Crippen molar-refractivity contribution < 1.29 is 34.2 Å². The molecule has 1 saturated heterocycles. The largest absolute Gasteiger partial charge is 0.483 e. The summed E-state index contributed by atoms with van der Waals surface area (Å²) < 4.78 is 0. The van der Waals surface area contributed by atoms with Gasteiger partial charge in [0.15, 0.2) is 5.82 Å². The van der Waals surface area contributed by atoms with Crippen molar-refractivity contribution in [1.29, 1.82) is 0 Å². The molecule has 0 radical (unpaired) electrons. The average Bonchev–Trinajstić information content (AvgIpc) is 3.73. The zero-order chi connectivity index (χ0) is 38.5. The Morgan fingerprint density at radius 1 is 0.907 bits per heavy atom. The first-order valence-electron chi connectivity index (χ1n) is 17.8. The van der Waals surface area contributed by atoms with Gasteiger partial charge in [-0.05, 0) is 102 Å². The smallest absolute Gasteiger partial charge is 0.404 e. The Morgan fingerprint density at radius 3 is 2.20 bits per heavy atom. The van der Waals surface area contributed by atoms with Gasteiger partial charge in [-0.15, -0.1) is 5.10 Å². The molecule has 2 aliphatic rings. The number of amides is 4. The van der Waals surface area contributed by atoms with E-state index in [1.165, 1.54) is 0 Å². The van der Waals surface area contributed by atoms with Gasteiger partial charge in [-0.2, -0.15) is 0 Å². The van der Waals surface area contributed by atoms with Crippen LogP contribution in [-0.2, 0) is 20.8 Å². The quantitative estimate of drug-likeness (QED) is 0.122. The summed E-state index contributed by atoms with van der Waals surface area (Å²) in [7, 11) is 2.06. The molecule has 1 aliphatic carbocycles. The molecule has 6 N–H and O–H groups in total. The summed E-state index contributed by atoms with van der Waals surface area (Å²) in [5.74, 6) is -0.0877. The highest BCUT2D eigenvalue weighted by molar-refractivity contribution is 5.98. The number of piperazine rings is 1. The molecule has 0 bridgehead atoms. The van der Waals surface area contributed by atoms with Gasteiger partial charge in [-0.1, -0.05) is 36.4 Å². The number of hydrogen-bond donors (Lipinski definition) is 6. The predicted molar refractivity (Wildman–Crippen MR) is 199 cm³/mol. The van der Waals surface area contributed by atoms with Crippen LogP contribution in [0.4, 0.5) is 10.5 Å². The molecule has 2 fully saturated rings. The Kier molecular flexibility index (Phi) is 13.8. The van der Waals surface area contributed by atoms with E-state index in [-0.39, 0.29) is 42.5 Å². The van der Waals surface area contributed by atoms with Crippen LogP contribution in [0.15, 0.2) is 72.8 Å². The van der Waals surface area contributed by atoms with Crippen LogP contribution < -0.4 is 16.0 Å². The van der Waals surface area contributed by atoms with Crippen molar-refractivity contribution in [1.82, 2.24) is 41.1 Å². The van der Waals surface area contributed by atoms with Crippen LogP contribution in [0.25, 0.3) is 22.5 Å². The minimum absolute atomic E-state index is 0.0289. The fourth-order valence-corrected chi connectivity index (χ4v) is 6.67. The third-order valence-corrected chi connectivity index (χ3v) is 9.79. The summed E-state index contributed by atoms with van der Waals surface area (Å²) in [6, 6.07) is 21.7. The van der Waals surface area contributed by atoms with Crippen LogP contribution in [0.2, 0.25) is 0 Å². The molecule has 1 saturated carbocycles. The minimum atomic E-state index is -1.05. The van der Waals surface area contributed by atoms with Crippen LogP contribution >= 0.6 is 0 Å². The molecular weight excluding hydrogens is 694 g/mol. The number of carboxylic acid groups (broad SMARTS) is 2. The average molecular weight is 740 g/mol. The number of likely N-dealkylation sites (N-methyl/N-ethyl adjacent to an activating group) is 1. The normalized spacial score (nSPS) is 17.6. The molecule has 54 heavy (non-hydrogen) atoms. The second-order valence-corrected chi connectivity index (χ2v) is 13.5. The highest BCUT2D eigenvalue weighted by atomic mass is 16.4. The van der Waals surface area contributed by atoms with Gasteiger partial charge in [0.2, 0.25) is 11.8 Å². The molecule has 284 valence electrons. The van der Waals surface area contributed by atoms with Gasteiger partial charge in [0.25, 0.3) is 12.4 Å². The lowest BCUT2D eigenvalue weighted by molar-refractivity contribution is -0.130. The van der Waals surface area contributed by atoms with Crippen LogP contribution in [0.5, 0.6) is 0 Å². The summed E-state index contributed by atoms with van der Waals surface area (Å²) in [5, 5.41) is 38.0. The van der Waals surface area contributed by atoms with E-state index in [1.807, 2.05) is 53.4 Å². The molecule has 1 aliphatic heterocycles. The van der Waals surface area contributed by atoms with Crippen molar-refractivity contribution in [2.45, 2.75) is 38.1 Å². The molecule has 16 nitrogen and oxygen atoms in total. The molecule has 6 rings (SSSR count). The first kappa shape index (κ1) is 39.1. The number of nitrogens with zero attached hydrogens (tertiary/aromatic N) is 5. The van der Waals surface area contributed by atoms with Crippen molar-refractivity contribution in [2.24, 2.45) is 11.8 Å². The van der Waals surface area contributed by atoms with Gasteiger partial charge in [-0.25, -0.2) is 9.89 Å².